The monoisotopic (exact) mass is 348 g/mol. The Balaban J connectivity index is 1.76. The van der Waals surface area contributed by atoms with E-state index in [2.05, 4.69) is 29.1 Å². The summed E-state index contributed by atoms with van der Waals surface area (Å²) in [5.74, 6) is 1.73. The molecule has 0 amide bonds. The molecule has 0 spiro atoms. The van der Waals surface area contributed by atoms with Crippen molar-refractivity contribution in [2.45, 2.75) is 26.8 Å². The van der Waals surface area contributed by atoms with Gasteiger partial charge in [-0.1, -0.05) is 17.3 Å². The van der Waals surface area contributed by atoms with E-state index in [9.17, 15) is 0 Å². The molecule has 26 heavy (non-hydrogen) atoms. The van der Waals surface area contributed by atoms with Crippen LogP contribution in [-0.2, 0) is 0 Å². The Kier molecular flexibility index (Phi) is 3.95. The minimum atomic E-state index is 0.307. The van der Waals surface area contributed by atoms with E-state index in [1.807, 2.05) is 54.2 Å². The molecule has 6 nitrogen and oxygen atoms in total. The van der Waals surface area contributed by atoms with Crippen LogP contribution in [0.3, 0.4) is 0 Å². The Morgan fingerprint density at radius 2 is 2.00 bits per heavy atom. The van der Waals surface area contributed by atoms with Gasteiger partial charge in [0.2, 0.25) is 5.82 Å². The molecule has 0 saturated heterocycles. The smallest absolute Gasteiger partial charge is 0.258 e. The highest BCUT2D eigenvalue weighted by atomic mass is 16.5. The van der Waals surface area contributed by atoms with Crippen LogP contribution in [0.2, 0.25) is 0 Å². The lowest BCUT2D eigenvalue weighted by molar-refractivity contribution is 0.413. The van der Waals surface area contributed by atoms with Gasteiger partial charge in [0, 0.05) is 17.0 Å². The number of aromatic nitrogens is 4. The molecule has 6 heteroatoms. The Morgan fingerprint density at radius 1 is 1.15 bits per heavy atom. The van der Waals surface area contributed by atoms with Crippen LogP contribution in [0.1, 0.15) is 25.5 Å². The summed E-state index contributed by atoms with van der Waals surface area (Å²) in [5.41, 5.74) is 3.83. The zero-order valence-corrected chi connectivity index (χ0v) is 15.2. The summed E-state index contributed by atoms with van der Waals surface area (Å²) in [7, 11) is 1.64. The zero-order chi connectivity index (χ0) is 18.3. The van der Waals surface area contributed by atoms with Gasteiger partial charge in [0.05, 0.1) is 24.4 Å². The van der Waals surface area contributed by atoms with E-state index in [4.69, 9.17) is 9.26 Å². The Morgan fingerprint density at radius 3 is 2.77 bits per heavy atom. The minimum Gasteiger partial charge on any atom is -0.496 e. The van der Waals surface area contributed by atoms with Crippen molar-refractivity contribution < 1.29 is 9.26 Å². The lowest BCUT2D eigenvalue weighted by atomic mass is 10.1. The van der Waals surface area contributed by atoms with Gasteiger partial charge in [0.1, 0.15) is 5.75 Å². The highest BCUT2D eigenvalue weighted by Gasteiger charge is 2.17. The minimum absolute atomic E-state index is 0.307. The van der Waals surface area contributed by atoms with Gasteiger partial charge in [-0.05, 0) is 50.6 Å². The summed E-state index contributed by atoms with van der Waals surface area (Å²) >= 11 is 0. The van der Waals surface area contributed by atoms with Gasteiger partial charge < -0.3 is 9.26 Å². The van der Waals surface area contributed by atoms with E-state index >= 15 is 0 Å². The number of rotatable bonds is 4. The molecule has 0 fully saturated rings. The lowest BCUT2D eigenvalue weighted by Crippen LogP contribution is -2.01. The number of hydrogen-bond acceptors (Lipinski definition) is 5. The number of methoxy groups -OCH3 is 1. The number of benzene rings is 2. The first-order valence-corrected chi connectivity index (χ1v) is 8.54. The third-order valence-corrected chi connectivity index (χ3v) is 4.44. The van der Waals surface area contributed by atoms with Crippen LogP contribution >= 0.6 is 0 Å². The van der Waals surface area contributed by atoms with Gasteiger partial charge in [-0.15, -0.1) is 0 Å². The van der Waals surface area contributed by atoms with E-state index < -0.39 is 0 Å². The molecule has 0 aliphatic rings. The molecule has 0 N–H and O–H groups in total. The third-order valence-electron chi connectivity index (χ3n) is 4.44. The fraction of sp³-hybridized carbons (Fsp3) is 0.250. The van der Waals surface area contributed by atoms with Crippen molar-refractivity contribution in [1.82, 2.24) is 19.9 Å². The third kappa shape index (κ3) is 2.63. The molecule has 2 aromatic carbocycles. The first kappa shape index (κ1) is 16.3. The fourth-order valence-electron chi connectivity index (χ4n) is 3.14. The first-order valence-electron chi connectivity index (χ1n) is 8.54. The number of ether oxygens (including phenoxy) is 1. The predicted molar refractivity (Wildman–Crippen MR) is 100 cm³/mol. The van der Waals surface area contributed by atoms with Crippen molar-refractivity contribution in [2.24, 2.45) is 0 Å². The summed E-state index contributed by atoms with van der Waals surface area (Å²) in [5, 5.41) is 9.65. The summed E-state index contributed by atoms with van der Waals surface area (Å²) in [6.45, 7) is 6.22. The van der Waals surface area contributed by atoms with E-state index in [0.29, 0.717) is 17.8 Å². The van der Waals surface area contributed by atoms with E-state index in [-0.39, 0.29) is 0 Å². The first-order chi connectivity index (χ1) is 12.6. The Labute approximate surface area is 151 Å². The van der Waals surface area contributed by atoms with Crippen LogP contribution in [0.25, 0.3) is 33.7 Å². The second-order valence-electron chi connectivity index (χ2n) is 6.53. The van der Waals surface area contributed by atoms with Crippen molar-refractivity contribution in [3.63, 3.8) is 0 Å². The maximum atomic E-state index is 5.52. The topological polar surface area (TPSA) is 66.0 Å². The average molecular weight is 348 g/mol. The predicted octanol–water partition coefficient (Wildman–Crippen LogP) is 4.65. The second-order valence-corrected chi connectivity index (χ2v) is 6.53. The number of aryl methyl sites for hydroxylation is 1. The molecule has 0 unspecified atom stereocenters. The van der Waals surface area contributed by atoms with Crippen LogP contribution in [-0.4, -0.2) is 27.0 Å². The molecule has 0 atom stereocenters. The standard InChI is InChI=1S/C20H20N4O2/c1-12(2)24-16-9-8-14(10-15(16)11-21-24)20-22-19(23-26-20)18-13(3)6-5-7-17(18)25-4/h5-12H,1-4H3. The quantitative estimate of drug-likeness (QED) is 0.537. The van der Waals surface area contributed by atoms with Gasteiger partial charge in [-0.2, -0.15) is 10.1 Å². The Bertz CT molecular complexity index is 1080. The average Bonchev–Trinajstić information content (AvgIpc) is 3.27. The molecular weight excluding hydrogens is 328 g/mol. The van der Waals surface area contributed by atoms with Gasteiger partial charge in [-0.3, -0.25) is 4.68 Å². The molecule has 132 valence electrons. The van der Waals surface area contributed by atoms with Crippen LogP contribution in [0.5, 0.6) is 5.75 Å². The van der Waals surface area contributed by atoms with Crippen LogP contribution in [0, 0.1) is 6.92 Å². The van der Waals surface area contributed by atoms with E-state index in [0.717, 1.165) is 33.3 Å². The Hall–Kier alpha value is -3.15. The summed E-state index contributed by atoms with van der Waals surface area (Å²) < 4.78 is 13.0. The van der Waals surface area contributed by atoms with Crippen molar-refractivity contribution in [1.29, 1.82) is 0 Å². The molecule has 0 bridgehead atoms. The summed E-state index contributed by atoms with van der Waals surface area (Å²) in [4.78, 5) is 4.58. The molecule has 2 aromatic heterocycles. The van der Waals surface area contributed by atoms with Gasteiger partial charge in [-0.25, -0.2) is 0 Å². The fourth-order valence-corrected chi connectivity index (χ4v) is 3.14. The molecule has 0 radical (unpaired) electrons. The molecule has 0 saturated carbocycles. The second kappa shape index (κ2) is 6.29. The normalized spacial score (nSPS) is 11.4. The van der Waals surface area contributed by atoms with E-state index in [1.165, 1.54) is 0 Å². The maximum absolute atomic E-state index is 5.52. The number of hydrogen-bond donors (Lipinski definition) is 0. The molecule has 0 aliphatic heterocycles. The largest absolute Gasteiger partial charge is 0.496 e. The van der Waals surface area contributed by atoms with Gasteiger partial charge in [0.15, 0.2) is 0 Å². The van der Waals surface area contributed by atoms with Crippen LogP contribution in [0.15, 0.2) is 47.1 Å². The molecular formula is C20H20N4O2. The maximum Gasteiger partial charge on any atom is 0.258 e. The molecule has 0 aliphatic carbocycles. The van der Waals surface area contributed by atoms with Crippen molar-refractivity contribution in [2.75, 3.05) is 7.11 Å². The van der Waals surface area contributed by atoms with Gasteiger partial charge in [0.25, 0.3) is 5.89 Å². The zero-order valence-electron chi connectivity index (χ0n) is 15.2. The van der Waals surface area contributed by atoms with Crippen molar-refractivity contribution in [3.8, 4) is 28.6 Å². The van der Waals surface area contributed by atoms with Crippen molar-refractivity contribution >= 4 is 10.9 Å². The molecule has 4 rings (SSSR count). The highest BCUT2D eigenvalue weighted by Crippen LogP contribution is 2.33. The summed E-state index contributed by atoms with van der Waals surface area (Å²) in [6.07, 6.45) is 1.86. The van der Waals surface area contributed by atoms with Gasteiger partial charge >= 0.3 is 0 Å². The number of nitrogens with zero attached hydrogens (tertiary/aromatic N) is 4. The summed E-state index contributed by atoms with van der Waals surface area (Å²) in [6, 6.07) is 12.2. The lowest BCUT2D eigenvalue weighted by Gasteiger charge is -2.07. The van der Waals surface area contributed by atoms with Crippen LogP contribution < -0.4 is 4.74 Å². The molecule has 4 aromatic rings. The van der Waals surface area contributed by atoms with Crippen LogP contribution in [0.4, 0.5) is 0 Å². The SMILES string of the molecule is COc1cccc(C)c1-c1noc(-c2ccc3c(cnn3C(C)C)c2)n1. The number of fused-ring (bicyclic) bond motifs is 1. The van der Waals surface area contributed by atoms with Crippen molar-refractivity contribution in [3.05, 3.63) is 48.2 Å². The van der Waals surface area contributed by atoms with E-state index in [1.54, 1.807) is 7.11 Å². The highest BCUT2D eigenvalue weighted by molar-refractivity contribution is 5.83. The molecule has 2 heterocycles.